The van der Waals surface area contributed by atoms with E-state index in [1.165, 1.54) is 6.42 Å². The first-order valence-corrected chi connectivity index (χ1v) is 10.6. The lowest BCUT2D eigenvalue weighted by atomic mass is 9.83. The first kappa shape index (κ1) is 19.7. The van der Waals surface area contributed by atoms with Crippen molar-refractivity contribution >= 4 is 5.91 Å². The second kappa shape index (κ2) is 8.80. The summed E-state index contributed by atoms with van der Waals surface area (Å²) in [5.41, 5.74) is 0.203. The number of rotatable bonds is 5. The normalized spacial score (nSPS) is 25.9. The SMILES string of the molecule is CN1CCN(CC2CCOC2)CC12CCN(C(=O)COc1ccccc1)CC2. The Morgan fingerprint density at radius 2 is 1.96 bits per heavy atom. The second-order valence-corrected chi connectivity index (χ2v) is 8.59. The van der Waals surface area contributed by atoms with Gasteiger partial charge in [-0.15, -0.1) is 0 Å². The number of piperazine rings is 1. The molecule has 0 aliphatic carbocycles. The average Bonchev–Trinajstić information content (AvgIpc) is 3.23. The summed E-state index contributed by atoms with van der Waals surface area (Å²) in [6, 6.07) is 9.57. The van der Waals surface area contributed by atoms with E-state index in [2.05, 4.69) is 16.8 Å². The van der Waals surface area contributed by atoms with Gasteiger partial charge in [0.05, 0.1) is 6.61 Å². The second-order valence-electron chi connectivity index (χ2n) is 8.59. The highest BCUT2D eigenvalue weighted by Gasteiger charge is 2.43. The fraction of sp³-hybridized carbons (Fsp3) is 0.682. The standard InChI is InChI=1S/C22H33N3O3/c1-23-12-13-24(15-19-7-14-27-16-19)18-22(23)8-10-25(11-9-22)21(26)17-28-20-5-3-2-4-6-20/h2-6,19H,7-18H2,1H3. The van der Waals surface area contributed by atoms with Gasteiger partial charge in [-0.25, -0.2) is 0 Å². The maximum Gasteiger partial charge on any atom is 0.260 e. The molecule has 6 nitrogen and oxygen atoms in total. The van der Waals surface area contributed by atoms with Crippen LogP contribution in [-0.2, 0) is 9.53 Å². The molecule has 0 aromatic heterocycles. The number of hydrogen-bond acceptors (Lipinski definition) is 5. The number of para-hydroxylation sites is 1. The molecule has 1 aromatic rings. The summed E-state index contributed by atoms with van der Waals surface area (Å²) in [6.45, 7) is 8.13. The lowest BCUT2D eigenvalue weighted by Crippen LogP contribution is -2.65. The largest absolute Gasteiger partial charge is 0.484 e. The number of carbonyl (C=O) groups excluding carboxylic acids is 1. The van der Waals surface area contributed by atoms with Gasteiger partial charge in [-0.2, -0.15) is 0 Å². The van der Waals surface area contributed by atoms with E-state index in [9.17, 15) is 4.79 Å². The molecule has 1 unspecified atom stereocenters. The molecule has 154 valence electrons. The van der Waals surface area contributed by atoms with Crippen molar-refractivity contribution in [2.45, 2.75) is 24.8 Å². The molecule has 3 fully saturated rings. The number of nitrogens with zero attached hydrogens (tertiary/aromatic N) is 3. The Morgan fingerprint density at radius 1 is 1.18 bits per heavy atom. The quantitative estimate of drug-likeness (QED) is 0.770. The van der Waals surface area contributed by atoms with Crippen molar-refractivity contribution in [1.82, 2.24) is 14.7 Å². The number of likely N-dealkylation sites (N-methyl/N-ethyl adjacent to an activating group) is 1. The summed E-state index contributed by atoms with van der Waals surface area (Å²) < 4.78 is 11.2. The molecule has 0 saturated carbocycles. The van der Waals surface area contributed by atoms with Gasteiger partial charge in [-0.05, 0) is 44.4 Å². The van der Waals surface area contributed by atoms with Crippen LogP contribution in [-0.4, -0.2) is 92.3 Å². The monoisotopic (exact) mass is 387 g/mol. The van der Waals surface area contributed by atoms with Gasteiger partial charge in [0.1, 0.15) is 5.75 Å². The number of hydrogen-bond donors (Lipinski definition) is 0. The highest BCUT2D eigenvalue weighted by Crippen LogP contribution is 2.32. The zero-order valence-corrected chi connectivity index (χ0v) is 17.0. The van der Waals surface area contributed by atoms with Crippen LogP contribution >= 0.6 is 0 Å². The lowest BCUT2D eigenvalue weighted by molar-refractivity contribution is -0.137. The predicted octanol–water partition coefficient (Wildman–Crippen LogP) is 1.71. The van der Waals surface area contributed by atoms with Crippen molar-refractivity contribution in [3.8, 4) is 5.75 Å². The Kier molecular flexibility index (Phi) is 6.19. The van der Waals surface area contributed by atoms with Crippen molar-refractivity contribution in [1.29, 1.82) is 0 Å². The van der Waals surface area contributed by atoms with E-state index in [1.54, 1.807) is 0 Å². The molecule has 4 rings (SSSR count). The number of piperidine rings is 1. The smallest absolute Gasteiger partial charge is 0.260 e. The fourth-order valence-corrected chi connectivity index (χ4v) is 4.86. The third kappa shape index (κ3) is 4.50. The number of ether oxygens (including phenoxy) is 2. The van der Waals surface area contributed by atoms with Gasteiger partial charge < -0.3 is 14.4 Å². The molecular weight excluding hydrogens is 354 g/mol. The minimum absolute atomic E-state index is 0.0946. The molecule has 3 aliphatic rings. The average molecular weight is 388 g/mol. The molecular formula is C22H33N3O3. The molecule has 6 heteroatoms. The maximum atomic E-state index is 12.6. The Balaban J connectivity index is 1.28. The van der Waals surface area contributed by atoms with Crippen molar-refractivity contribution in [2.24, 2.45) is 5.92 Å². The molecule has 1 atom stereocenters. The highest BCUT2D eigenvalue weighted by atomic mass is 16.5. The van der Waals surface area contributed by atoms with Crippen LogP contribution in [0.4, 0.5) is 0 Å². The Morgan fingerprint density at radius 3 is 2.68 bits per heavy atom. The van der Waals surface area contributed by atoms with Crippen molar-refractivity contribution in [3.63, 3.8) is 0 Å². The van der Waals surface area contributed by atoms with Crippen molar-refractivity contribution in [2.75, 3.05) is 66.1 Å². The third-order valence-electron chi connectivity index (χ3n) is 6.77. The van der Waals surface area contributed by atoms with Gasteiger partial charge in [-0.1, -0.05) is 18.2 Å². The Bertz CT molecular complexity index is 640. The van der Waals surface area contributed by atoms with Crippen molar-refractivity contribution in [3.05, 3.63) is 30.3 Å². The van der Waals surface area contributed by atoms with Gasteiger partial charge in [-0.3, -0.25) is 14.6 Å². The minimum Gasteiger partial charge on any atom is -0.484 e. The highest BCUT2D eigenvalue weighted by molar-refractivity contribution is 5.77. The molecule has 1 amide bonds. The van der Waals surface area contributed by atoms with E-state index < -0.39 is 0 Å². The Hall–Kier alpha value is -1.63. The molecule has 0 bridgehead atoms. The van der Waals surface area contributed by atoms with Gasteiger partial charge in [0.2, 0.25) is 0 Å². The zero-order valence-electron chi connectivity index (χ0n) is 17.0. The van der Waals surface area contributed by atoms with E-state index in [0.717, 1.165) is 71.1 Å². The topological polar surface area (TPSA) is 45.2 Å². The summed E-state index contributed by atoms with van der Waals surface area (Å²) in [4.78, 5) is 19.7. The first-order chi connectivity index (χ1) is 13.6. The maximum absolute atomic E-state index is 12.6. The van der Waals surface area contributed by atoms with E-state index in [1.807, 2.05) is 35.2 Å². The summed E-state index contributed by atoms with van der Waals surface area (Å²) in [5.74, 6) is 1.54. The minimum atomic E-state index is 0.0946. The summed E-state index contributed by atoms with van der Waals surface area (Å²) >= 11 is 0. The van der Waals surface area contributed by atoms with Crippen LogP contribution in [0.1, 0.15) is 19.3 Å². The summed E-state index contributed by atoms with van der Waals surface area (Å²) in [5, 5.41) is 0. The van der Waals surface area contributed by atoms with Gasteiger partial charge in [0, 0.05) is 51.4 Å². The van der Waals surface area contributed by atoms with E-state index in [0.29, 0.717) is 5.92 Å². The molecule has 28 heavy (non-hydrogen) atoms. The van der Waals surface area contributed by atoms with E-state index in [4.69, 9.17) is 9.47 Å². The van der Waals surface area contributed by atoms with Crippen LogP contribution in [0.3, 0.4) is 0 Å². The molecule has 3 heterocycles. The molecule has 3 saturated heterocycles. The lowest BCUT2D eigenvalue weighted by Gasteiger charge is -2.53. The molecule has 0 radical (unpaired) electrons. The fourth-order valence-electron chi connectivity index (χ4n) is 4.86. The first-order valence-electron chi connectivity index (χ1n) is 10.6. The Labute approximate surface area is 168 Å². The number of amides is 1. The predicted molar refractivity (Wildman–Crippen MR) is 108 cm³/mol. The molecule has 1 aromatic carbocycles. The van der Waals surface area contributed by atoms with Crippen LogP contribution in [0.5, 0.6) is 5.75 Å². The van der Waals surface area contributed by atoms with Crippen LogP contribution in [0.25, 0.3) is 0 Å². The van der Waals surface area contributed by atoms with Gasteiger partial charge in [0.25, 0.3) is 5.91 Å². The van der Waals surface area contributed by atoms with E-state index >= 15 is 0 Å². The molecule has 3 aliphatic heterocycles. The van der Waals surface area contributed by atoms with Gasteiger partial charge >= 0.3 is 0 Å². The summed E-state index contributed by atoms with van der Waals surface area (Å²) in [6.07, 6.45) is 3.28. The molecule has 1 spiro atoms. The number of carbonyl (C=O) groups is 1. The zero-order chi connectivity index (χ0) is 19.4. The van der Waals surface area contributed by atoms with Crippen LogP contribution in [0.15, 0.2) is 30.3 Å². The van der Waals surface area contributed by atoms with Gasteiger partial charge in [0.15, 0.2) is 6.61 Å². The van der Waals surface area contributed by atoms with Crippen LogP contribution in [0.2, 0.25) is 0 Å². The molecule has 0 N–H and O–H groups in total. The summed E-state index contributed by atoms with van der Waals surface area (Å²) in [7, 11) is 2.26. The van der Waals surface area contributed by atoms with Crippen molar-refractivity contribution < 1.29 is 14.3 Å². The van der Waals surface area contributed by atoms with Crippen LogP contribution in [0, 0.1) is 5.92 Å². The number of likely N-dealkylation sites (tertiary alicyclic amines) is 1. The van der Waals surface area contributed by atoms with Crippen LogP contribution < -0.4 is 4.74 Å². The third-order valence-corrected chi connectivity index (χ3v) is 6.77. The van der Waals surface area contributed by atoms with E-state index in [-0.39, 0.29) is 18.1 Å². The number of benzene rings is 1.